The predicted octanol–water partition coefficient (Wildman–Crippen LogP) is 3.87. The molecule has 0 radical (unpaired) electrons. The summed E-state index contributed by atoms with van der Waals surface area (Å²) >= 11 is 5.79. The van der Waals surface area contributed by atoms with E-state index in [0.29, 0.717) is 13.0 Å². The Labute approximate surface area is 105 Å². The van der Waals surface area contributed by atoms with Gasteiger partial charge in [0.15, 0.2) is 0 Å². The van der Waals surface area contributed by atoms with Crippen LogP contribution in [0.4, 0.5) is 0 Å². The fourth-order valence-electron chi connectivity index (χ4n) is 1.56. The number of hydrogen-bond acceptors (Lipinski definition) is 1. The number of carbonyl (C=O) groups is 1. The van der Waals surface area contributed by atoms with Crippen LogP contribution < -0.4 is 5.32 Å². The summed E-state index contributed by atoms with van der Waals surface area (Å²) in [5.74, 6) is 0.174. The molecule has 0 aliphatic heterocycles. The van der Waals surface area contributed by atoms with Gasteiger partial charge in [-0.2, -0.15) is 0 Å². The van der Waals surface area contributed by atoms with Crippen LogP contribution in [0.15, 0.2) is 0 Å². The Balaban J connectivity index is 3.17. The Hall–Kier alpha value is -0.240. The first-order valence-corrected chi connectivity index (χ1v) is 7.01. The van der Waals surface area contributed by atoms with Crippen LogP contribution in [0.1, 0.15) is 65.2 Å². The van der Waals surface area contributed by atoms with Gasteiger partial charge in [-0.25, -0.2) is 0 Å². The highest BCUT2D eigenvalue weighted by Crippen LogP contribution is 2.06. The van der Waals surface area contributed by atoms with E-state index in [9.17, 15) is 4.79 Å². The third-order valence-corrected chi connectivity index (χ3v) is 2.84. The normalized spacial score (nSPS) is 12.4. The molecule has 0 heterocycles. The van der Waals surface area contributed by atoms with Gasteiger partial charge >= 0.3 is 0 Å². The van der Waals surface area contributed by atoms with Crippen LogP contribution in [0.25, 0.3) is 0 Å². The highest BCUT2D eigenvalue weighted by molar-refractivity contribution is 6.20. The Morgan fingerprint density at radius 2 is 1.81 bits per heavy atom. The third-order valence-electron chi connectivity index (χ3n) is 2.62. The van der Waals surface area contributed by atoms with E-state index in [-0.39, 0.29) is 11.3 Å². The molecule has 0 saturated heterocycles. The molecule has 2 nitrogen and oxygen atoms in total. The molecular weight excluding hydrogens is 222 g/mol. The van der Waals surface area contributed by atoms with E-state index in [4.69, 9.17) is 11.6 Å². The van der Waals surface area contributed by atoms with Gasteiger partial charge in [0.2, 0.25) is 5.91 Å². The molecule has 0 aliphatic rings. The minimum Gasteiger partial charge on any atom is -0.356 e. The minimum absolute atomic E-state index is 0.148. The smallest absolute Gasteiger partial charge is 0.219 e. The summed E-state index contributed by atoms with van der Waals surface area (Å²) in [4.78, 5) is 11.4. The molecule has 3 heteroatoms. The quantitative estimate of drug-likeness (QED) is 0.461. The van der Waals surface area contributed by atoms with E-state index < -0.39 is 0 Å². The molecule has 0 aromatic carbocycles. The van der Waals surface area contributed by atoms with Crippen molar-refractivity contribution in [3.63, 3.8) is 0 Å². The number of hydrogen-bond donors (Lipinski definition) is 1. The van der Waals surface area contributed by atoms with Gasteiger partial charge in [-0.1, -0.05) is 39.0 Å². The summed E-state index contributed by atoms with van der Waals surface area (Å²) in [5, 5.41) is 3.04. The Bertz CT molecular complexity index is 171. The molecule has 1 amide bonds. The molecule has 0 saturated carbocycles. The molecular formula is C13H26ClNO. The van der Waals surface area contributed by atoms with E-state index >= 15 is 0 Å². The monoisotopic (exact) mass is 247 g/mol. The summed E-state index contributed by atoms with van der Waals surface area (Å²) in [7, 11) is 0. The van der Waals surface area contributed by atoms with E-state index in [1.807, 2.05) is 6.92 Å². The topological polar surface area (TPSA) is 29.1 Å². The average molecular weight is 248 g/mol. The molecule has 0 aliphatic carbocycles. The predicted molar refractivity (Wildman–Crippen MR) is 70.9 cm³/mol. The van der Waals surface area contributed by atoms with Crippen molar-refractivity contribution in [1.29, 1.82) is 0 Å². The van der Waals surface area contributed by atoms with Gasteiger partial charge in [0.1, 0.15) is 0 Å². The molecule has 0 spiro atoms. The standard InChI is InChI=1S/C13H26ClNO/c1-3-4-5-6-7-8-9-13(16)15-11-10-12(2)14/h12H,3-11H2,1-2H3,(H,15,16). The van der Waals surface area contributed by atoms with E-state index in [0.717, 1.165) is 12.8 Å². The SMILES string of the molecule is CCCCCCCCC(=O)NCCC(C)Cl. The lowest BCUT2D eigenvalue weighted by molar-refractivity contribution is -0.121. The number of halogens is 1. The van der Waals surface area contributed by atoms with Gasteiger partial charge in [0.25, 0.3) is 0 Å². The van der Waals surface area contributed by atoms with Crippen molar-refractivity contribution in [2.24, 2.45) is 0 Å². The van der Waals surface area contributed by atoms with Gasteiger partial charge < -0.3 is 5.32 Å². The van der Waals surface area contributed by atoms with Crippen LogP contribution in [0.3, 0.4) is 0 Å². The molecule has 1 atom stereocenters. The maximum atomic E-state index is 11.4. The van der Waals surface area contributed by atoms with Crippen molar-refractivity contribution in [3.8, 4) is 0 Å². The van der Waals surface area contributed by atoms with Crippen molar-refractivity contribution in [2.75, 3.05) is 6.54 Å². The lowest BCUT2D eigenvalue weighted by Crippen LogP contribution is -2.25. The largest absolute Gasteiger partial charge is 0.356 e. The van der Waals surface area contributed by atoms with Gasteiger partial charge in [-0.05, 0) is 19.8 Å². The maximum Gasteiger partial charge on any atom is 0.219 e. The number of unbranched alkanes of at least 4 members (excludes halogenated alkanes) is 5. The van der Waals surface area contributed by atoms with Crippen LogP contribution >= 0.6 is 11.6 Å². The first kappa shape index (κ1) is 15.8. The summed E-state index contributed by atoms with van der Waals surface area (Å²) in [6.45, 7) is 4.87. The van der Waals surface area contributed by atoms with Crippen LogP contribution in [0, 0.1) is 0 Å². The van der Waals surface area contributed by atoms with Crippen molar-refractivity contribution in [1.82, 2.24) is 5.32 Å². The molecule has 16 heavy (non-hydrogen) atoms. The third kappa shape index (κ3) is 11.8. The van der Waals surface area contributed by atoms with Gasteiger partial charge in [-0.3, -0.25) is 4.79 Å². The summed E-state index contributed by atoms with van der Waals surface area (Å²) < 4.78 is 0. The number of nitrogens with one attached hydrogen (secondary N) is 1. The molecule has 0 aromatic heterocycles. The van der Waals surface area contributed by atoms with Gasteiger partial charge in [-0.15, -0.1) is 11.6 Å². The van der Waals surface area contributed by atoms with Crippen molar-refractivity contribution >= 4 is 17.5 Å². The summed E-state index contributed by atoms with van der Waals surface area (Å²) in [6.07, 6.45) is 8.89. The minimum atomic E-state index is 0.148. The zero-order chi connectivity index (χ0) is 12.2. The lowest BCUT2D eigenvalue weighted by atomic mass is 10.1. The summed E-state index contributed by atoms with van der Waals surface area (Å²) in [6, 6.07) is 0. The van der Waals surface area contributed by atoms with Crippen molar-refractivity contribution < 1.29 is 4.79 Å². The molecule has 0 fully saturated rings. The molecule has 1 N–H and O–H groups in total. The first-order chi connectivity index (χ1) is 7.66. The fourth-order valence-corrected chi connectivity index (χ4v) is 1.67. The van der Waals surface area contributed by atoms with Crippen LogP contribution in [0.2, 0.25) is 0 Å². The van der Waals surface area contributed by atoms with Gasteiger partial charge in [0.05, 0.1) is 0 Å². The van der Waals surface area contributed by atoms with Crippen LogP contribution in [0.5, 0.6) is 0 Å². The second-order valence-corrected chi connectivity index (χ2v) is 5.18. The number of amides is 1. The molecule has 96 valence electrons. The summed E-state index contributed by atoms with van der Waals surface area (Å²) in [5.41, 5.74) is 0. The number of rotatable bonds is 10. The van der Waals surface area contributed by atoms with E-state index in [1.54, 1.807) is 0 Å². The van der Waals surface area contributed by atoms with Crippen LogP contribution in [-0.4, -0.2) is 17.8 Å². The zero-order valence-electron chi connectivity index (χ0n) is 10.7. The number of alkyl halides is 1. The second kappa shape index (κ2) is 11.3. The van der Waals surface area contributed by atoms with E-state index in [2.05, 4.69) is 12.2 Å². The fraction of sp³-hybridized carbons (Fsp3) is 0.923. The van der Waals surface area contributed by atoms with E-state index in [1.165, 1.54) is 32.1 Å². The maximum absolute atomic E-state index is 11.4. The zero-order valence-corrected chi connectivity index (χ0v) is 11.5. The number of carbonyl (C=O) groups excluding carboxylic acids is 1. The van der Waals surface area contributed by atoms with Crippen LogP contribution in [-0.2, 0) is 4.79 Å². The second-order valence-electron chi connectivity index (χ2n) is 4.44. The first-order valence-electron chi connectivity index (χ1n) is 6.57. The molecule has 0 bridgehead atoms. The van der Waals surface area contributed by atoms with Crippen molar-refractivity contribution in [2.45, 2.75) is 70.6 Å². The Morgan fingerprint density at radius 1 is 1.19 bits per heavy atom. The lowest BCUT2D eigenvalue weighted by Gasteiger charge is -2.06. The highest BCUT2D eigenvalue weighted by atomic mass is 35.5. The molecule has 0 aromatic rings. The average Bonchev–Trinajstić information content (AvgIpc) is 2.22. The molecule has 0 rings (SSSR count). The Morgan fingerprint density at radius 3 is 2.44 bits per heavy atom. The van der Waals surface area contributed by atoms with Gasteiger partial charge in [0, 0.05) is 18.3 Å². The Kier molecular flexibility index (Phi) is 11.1. The highest BCUT2D eigenvalue weighted by Gasteiger charge is 2.01. The van der Waals surface area contributed by atoms with Crippen molar-refractivity contribution in [3.05, 3.63) is 0 Å². The molecule has 1 unspecified atom stereocenters.